The summed E-state index contributed by atoms with van der Waals surface area (Å²) in [5, 5.41) is 16.0. The predicted octanol–water partition coefficient (Wildman–Crippen LogP) is 2.64. The Bertz CT molecular complexity index is 548. The minimum absolute atomic E-state index is 0.105. The zero-order valence-corrected chi connectivity index (χ0v) is 10.9. The van der Waals surface area contributed by atoms with E-state index in [1.807, 2.05) is 47.4 Å². The normalized spacial score (nSPS) is 13.4. The third-order valence-corrected chi connectivity index (χ3v) is 3.13. The molecule has 0 saturated carbocycles. The quantitative estimate of drug-likeness (QED) is 0.374. The van der Waals surface area contributed by atoms with Gasteiger partial charge in [-0.15, -0.1) is 0 Å². The molecule has 3 N–H and O–H groups in total. The summed E-state index contributed by atoms with van der Waals surface area (Å²) in [5.74, 6) is 0.226. The molecule has 0 amide bonds. The van der Waals surface area contributed by atoms with E-state index in [1.54, 1.807) is 0 Å². The number of aromatic nitrogens is 2. The van der Waals surface area contributed by atoms with Crippen molar-refractivity contribution in [1.82, 2.24) is 9.78 Å². The van der Waals surface area contributed by atoms with Crippen molar-refractivity contribution >= 4 is 5.84 Å². The minimum atomic E-state index is 0.105. The van der Waals surface area contributed by atoms with E-state index < -0.39 is 0 Å². The molecular formula is C14H18N4O. The van der Waals surface area contributed by atoms with E-state index in [-0.39, 0.29) is 11.9 Å². The monoisotopic (exact) mass is 258 g/mol. The summed E-state index contributed by atoms with van der Waals surface area (Å²) in [6, 6.07) is 10.2. The first-order valence-corrected chi connectivity index (χ1v) is 6.30. The van der Waals surface area contributed by atoms with E-state index in [9.17, 15) is 0 Å². The van der Waals surface area contributed by atoms with Crippen molar-refractivity contribution < 1.29 is 5.21 Å². The van der Waals surface area contributed by atoms with Gasteiger partial charge in [0.1, 0.15) is 5.84 Å². The fraction of sp³-hybridized carbons (Fsp3) is 0.286. The molecule has 1 aromatic carbocycles. The van der Waals surface area contributed by atoms with Gasteiger partial charge in [0.2, 0.25) is 0 Å². The van der Waals surface area contributed by atoms with Crippen LogP contribution in [0.3, 0.4) is 0 Å². The molecular weight excluding hydrogens is 240 g/mol. The Labute approximate surface area is 112 Å². The lowest BCUT2D eigenvalue weighted by Crippen LogP contribution is -2.19. The molecule has 5 nitrogen and oxygen atoms in total. The molecule has 0 bridgehead atoms. The lowest BCUT2D eigenvalue weighted by molar-refractivity contribution is 0.314. The van der Waals surface area contributed by atoms with Gasteiger partial charge < -0.3 is 10.9 Å². The van der Waals surface area contributed by atoms with E-state index >= 15 is 0 Å². The van der Waals surface area contributed by atoms with Gasteiger partial charge >= 0.3 is 0 Å². The summed E-state index contributed by atoms with van der Waals surface area (Å²) in [6.07, 6.45) is 5.19. The fourth-order valence-corrected chi connectivity index (χ4v) is 2.02. The Morgan fingerprint density at radius 2 is 2.11 bits per heavy atom. The van der Waals surface area contributed by atoms with Crippen molar-refractivity contribution in [1.29, 1.82) is 0 Å². The molecule has 0 radical (unpaired) electrons. The second-order valence-electron chi connectivity index (χ2n) is 4.43. The average molecular weight is 258 g/mol. The lowest BCUT2D eigenvalue weighted by atomic mass is 10.1. The summed E-state index contributed by atoms with van der Waals surface area (Å²) in [5.41, 5.74) is 7.76. The van der Waals surface area contributed by atoms with Crippen molar-refractivity contribution in [3.8, 4) is 11.1 Å². The van der Waals surface area contributed by atoms with Gasteiger partial charge in [0.25, 0.3) is 0 Å². The van der Waals surface area contributed by atoms with Gasteiger partial charge in [-0.1, -0.05) is 42.4 Å². The van der Waals surface area contributed by atoms with E-state index in [2.05, 4.69) is 17.2 Å². The maximum absolute atomic E-state index is 8.64. The smallest absolute Gasteiger partial charge is 0.141 e. The number of benzene rings is 1. The van der Waals surface area contributed by atoms with Crippen LogP contribution in [0.1, 0.15) is 25.8 Å². The number of hydrogen-bond donors (Lipinski definition) is 2. The maximum Gasteiger partial charge on any atom is 0.141 e. The molecule has 1 atom stereocenters. The van der Waals surface area contributed by atoms with Crippen LogP contribution in [-0.4, -0.2) is 20.8 Å². The van der Waals surface area contributed by atoms with Crippen LogP contribution in [0, 0.1) is 0 Å². The number of hydrogen-bond acceptors (Lipinski definition) is 3. The first-order valence-electron chi connectivity index (χ1n) is 6.30. The van der Waals surface area contributed by atoms with Gasteiger partial charge in [0.15, 0.2) is 0 Å². The van der Waals surface area contributed by atoms with Crippen LogP contribution < -0.4 is 5.73 Å². The molecule has 0 spiro atoms. The van der Waals surface area contributed by atoms with Crippen LogP contribution in [0.2, 0.25) is 0 Å². The maximum atomic E-state index is 8.64. The van der Waals surface area contributed by atoms with Crippen molar-refractivity contribution in [2.45, 2.75) is 25.8 Å². The highest BCUT2D eigenvalue weighted by atomic mass is 16.4. The minimum Gasteiger partial charge on any atom is -0.409 e. The third kappa shape index (κ3) is 3.13. The zero-order valence-electron chi connectivity index (χ0n) is 10.9. The molecule has 0 aliphatic heterocycles. The number of oxime groups is 1. The number of nitrogens with two attached hydrogens (primary N) is 1. The molecule has 0 aliphatic carbocycles. The van der Waals surface area contributed by atoms with Gasteiger partial charge in [0.05, 0.1) is 12.2 Å². The molecule has 19 heavy (non-hydrogen) atoms. The molecule has 100 valence electrons. The SMILES string of the molecule is CCC(CC(N)=NO)n1cc(-c2ccccc2)cn1. The number of nitrogens with zero attached hydrogens (tertiary/aromatic N) is 3. The Hall–Kier alpha value is -2.30. The molecule has 0 saturated heterocycles. The summed E-state index contributed by atoms with van der Waals surface area (Å²) in [7, 11) is 0. The first kappa shape index (κ1) is 13.1. The van der Waals surface area contributed by atoms with Crippen molar-refractivity contribution in [2.24, 2.45) is 10.9 Å². The highest BCUT2D eigenvalue weighted by Crippen LogP contribution is 2.22. The molecule has 1 aromatic heterocycles. The van der Waals surface area contributed by atoms with Crippen LogP contribution in [0.5, 0.6) is 0 Å². The number of amidine groups is 1. The van der Waals surface area contributed by atoms with E-state index in [4.69, 9.17) is 10.9 Å². The summed E-state index contributed by atoms with van der Waals surface area (Å²) in [6.45, 7) is 2.05. The van der Waals surface area contributed by atoms with Gasteiger partial charge in [-0.3, -0.25) is 4.68 Å². The third-order valence-electron chi connectivity index (χ3n) is 3.13. The second kappa shape index (κ2) is 6.04. The lowest BCUT2D eigenvalue weighted by Gasteiger charge is -2.14. The molecule has 2 rings (SSSR count). The van der Waals surface area contributed by atoms with E-state index in [0.29, 0.717) is 6.42 Å². The standard InChI is InChI=1S/C14H18N4O/c1-2-13(8-14(15)17-19)18-10-12(9-16-18)11-6-4-3-5-7-11/h3-7,9-10,13,19H,2,8H2,1H3,(H2,15,17). The molecule has 1 heterocycles. The molecule has 0 fully saturated rings. The summed E-state index contributed by atoms with van der Waals surface area (Å²) in [4.78, 5) is 0. The highest BCUT2D eigenvalue weighted by molar-refractivity contribution is 5.80. The Kier molecular flexibility index (Phi) is 4.18. The van der Waals surface area contributed by atoms with Crippen molar-refractivity contribution in [3.63, 3.8) is 0 Å². The molecule has 2 aromatic rings. The summed E-state index contributed by atoms with van der Waals surface area (Å²) >= 11 is 0. The Balaban J connectivity index is 2.20. The average Bonchev–Trinajstić information content (AvgIpc) is 2.95. The number of rotatable bonds is 5. The van der Waals surface area contributed by atoms with Gasteiger partial charge in [-0.05, 0) is 12.0 Å². The Morgan fingerprint density at radius 1 is 1.37 bits per heavy atom. The van der Waals surface area contributed by atoms with Gasteiger partial charge in [0, 0.05) is 18.2 Å². The topological polar surface area (TPSA) is 76.4 Å². The van der Waals surface area contributed by atoms with Crippen molar-refractivity contribution in [2.75, 3.05) is 0 Å². The molecule has 1 unspecified atom stereocenters. The van der Waals surface area contributed by atoms with Crippen LogP contribution in [0.25, 0.3) is 11.1 Å². The van der Waals surface area contributed by atoms with Gasteiger partial charge in [-0.2, -0.15) is 5.10 Å². The largest absolute Gasteiger partial charge is 0.409 e. The Morgan fingerprint density at radius 3 is 2.74 bits per heavy atom. The van der Waals surface area contributed by atoms with Crippen LogP contribution in [-0.2, 0) is 0 Å². The van der Waals surface area contributed by atoms with E-state index in [1.165, 1.54) is 0 Å². The fourth-order valence-electron chi connectivity index (χ4n) is 2.02. The predicted molar refractivity (Wildman–Crippen MR) is 75.0 cm³/mol. The second-order valence-corrected chi connectivity index (χ2v) is 4.43. The van der Waals surface area contributed by atoms with Gasteiger partial charge in [-0.25, -0.2) is 0 Å². The van der Waals surface area contributed by atoms with Crippen LogP contribution in [0.15, 0.2) is 47.9 Å². The van der Waals surface area contributed by atoms with Crippen molar-refractivity contribution in [3.05, 3.63) is 42.7 Å². The highest BCUT2D eigenvalue weighted by Gasteiger charge is 2.13. The first-order chi connectivity index (χ1) is 9.24. The van der Waals surface area contributed by atoms with E-state index in [0.717, 1.165) is 17.5 Å². The summed E-state index contributed by atoms with van der Waals surface area (Å²) < 4.78 is 1.88. The molecule has 0 aliphatic rings. The zero-order chi connectivity index (χ0) is 13.7. The van der Waals surface area contributed by atoms with Crippen LogP contribution in [0.4, 0.5) is 0 Å². The molecule has 5 heteroatoms. The van der Waals surface area contributed by atoms with Crippen LogP contribution >= 0.6 is 0 Å².